The molecule has 0 bridgehead atoms. The number of ether oxygens (including phenoxy) is 1. The highest BCUT2D eigenvalue weighted by molar-refractivity contribution is 9.10. The molecule has 4 nitrogen and oxygen atoms in total. The smallest absolute Gasteiger partial charge is 0.387 e. The van der Waals surface area contributed by atoms with Crippen molar-refractivity contribution in [1.82, 2.24) is 5.32 Å². The number of carbonyl (C=O) groups excluding carboxylic acids is 1. The summed E-state index contributed by atoms with van der Waals surface area (Å²) in [7, 11) is 0. The molecule has 0 spiro atoms. The van der Waals surface area contributed by atoms with Crippen LogP contribution in [0.25, 0.3) is 0 Å². The van der Waals surface area contributed by atoms with Gasteiger partial charge in [0.05, 0.1) is 10.0 Å². The summed E-state index contributed by atoms with van der Waals surface area (Å²) < 4.78 is 29.3. The largest absolute Gasteiger partial charge is 0.434 e. The summed E-state index contributed by atoms with van der Waals surface area (Å²) in [6, 6.07) is 11.8. The summed E-state index contributed by atoms with van der Waals surface area (Å²) in [5.41, 5.74) is 2.01. The van der Waals surface area contributed by atoms with E-state index in [1.807, 2.05) is 12.1 Å². The lowest BCUT2D eigenvalue weighted by atomic mass is 10.1. The topological polar surface area (TPSA) is 50.4 Å². The van der Waals surface area contributed by atoms with Gasteiger partial charge in [-0.05, 0) is 45.8 Å². The summed E-state index contributed by atoms with van der Waals surface area (Å²) in [5, 5.41) is 6.01. The Hall–Kier alpha value is -2.15. The number of nitrogens with one attached hydrogen (secondary N) is 2. The van der Waals surface area contributed by atoms with E-state index in [2.05, 4.69) is 31.3 Å². The van der Waals surface area contributed by atoms with Crippen molar-refractivity contribution in [2.75, 3.05) is 5.32 Å². The van der Waals surface area contributed by atoms with Gasteiger partial charge in [-0.25, -0.2) is 0 Å². The van der Waals surface area contributed by atoms with Crippen molar-refractivity contribution < 1.29 is 18.3 Å². The van der Waals surface area contributed by atoms with Gasteiger partial charge < -0.3 is 15.4 Å². The Kier molecular flexibility index (Phi) is 3.98. The highest BCUT2D eigenvalue weighted by Crippen LogP contribution is 2.32. The highest BCUT2D eigenvalue weighted by Gasteiger charge is 2.24. The fraction of sp³-hybridized carbons (Fsp3) is 0.133. The molecule has 1 heterocycles. The second-order valence-electron chi connectivity index (χ2n) is 4.66. The quantitative estimate of drug-likeness (QED) is 0.863. The molecule has 114 valence electrons. The van der Waals surface area contributed by atoms with Crippen molar-refractivity contribution in [3.63, 3.8) is 0 Å². The zero-order valence-corrected chi connectivity index (χ0v) is 12.7. The lowest BCUT2D eigenvalue weighted by Gasteiger charge is -2.28. The summed E-state index contributed by atoms with van der Waals surface area (Å²) in [6.07, 6.45) is -0.445. The van der Waals surface area contributed by atoms with E-state index in [1.54, 1.807) is 24.3 Å². The molecule has 1 aliphatic heterocycles. The Balaban J connectivity index is 1.87. The van der Waals surface area contributed by atoms with Gasteiger partial charge >= 0.3 is 6.61 Å². The van der Waals surface area contributed by atoms with Gasteiger partial charge in [0.2, 0.25) is 0 Å². The van der Waals surface area contributed by atoms with Crippen LogP contribution in [0.4, 0.5) is 14.5 Å². The van der Waals surface area contributed by atoms with E-state index in [1.165, 1.54) is 6.07 Å². The molecule has 22 heavy (non-hydrogen) atoms. The van der Waals surface area contributed by atoms with E-state index in [9.17, 15) is 13.6 Å². The van der Waals surface area contributed by atoms with Gasteiger partial charge in [0.1, 0.15) is 11.9 Å². The molecule has 0 aliphatic carbocycles. The minimum absolute atomic E-state index is 0.0429. The normalized spacial score (nSPS) is 16.7. The van der Waals surface area contributed by atoms with E-state index in [4.69, 9.17) is 0 Å². The number of anilines is 1. The number of hydrogen-bond donors (Lipinski definition) is 2. The summed E-state index contributed by atoms with van der Waals surface area (Å²) in [6.45, 7) is -2.89. The lowest BCUT2D eigenvalue weighted by Crippen LogP contribution is -2.38. The predicted molar refractivity (Wildman–Crippen MR) is 81.0 cm³/mol. The summed E-state index contributed by atoms with van der Waals surface area (Å²) in [5.74, 6) is -0.148. The van der Waals surface area contributed by atoms with Gasteiger partial charge in [-0.1, -0.05) is 18.2 Å². The van der Waals surface area contributed by atoms with Crippen LogP contribution in [0.3, 0.4) is 0 Å². The van der Waals surface area contributed by atoms with Crippen molar-refractivity contribution in [2.24, 2.45) is 0 Å². The molecule has 2 aromatic carbocycles. The van der Waals surface area contributed by atoms with Crippen LogP contribution in [-0.4, -0.2) is 12.5 Å². The van der Waals surface area contributed by atoms with Gasteiger partial charge in [0.15, 0.2) is 0 Å². The Bertz CT molecular complexity index is 724. The molecule has 1 aliphatic rings. The highest BCUT2D eigenvalue weighted by atomic mass is 79.9. The fourth-order valence-electron chi connectivity index (χ4n) is 2.26. The average molecular weight is 369 g/mol. The van der Waals surface area contributed by atoms with Crippen molar-refractivity contribution >= 4 is 27.5 Å². The first-order valence-electron chi connectivity index (χ1n) is 6.45. The fourth-order valence-corrected chi connectivity index (χ4v) is 2.75. The SMILES string of the molecule is O=C1NC(c2ccc(OC(F)F)c(Br)c2)Nc2ccccc21. The van der Waals surface area contributed by atoms with Crippen molar-refractivity contribution in [3.8, 4) is 5.75 Å². The van der Waals surface area contributed by atoms with Gasteiger partial charge in [-0.15, -0.1) is 0 Å². The van der Waals surface area contributed by atoms with Crippen LogP contribution in [0.2, 0.25) is 0 Å². The summed E-state index contributed by atoms with van der Waals surface area (Å²) >= 11 is 3.19. The standard InChI is InChI=1S/C15H11BrF2N2O2/c16-10-7-8(5-6-12(10)22-15(17)18)13-19-11-4-2-1-3-9(11)14(21)20-13/h1-7,13,15,19H,(H,20,21). The lowest BCUT2D eigenvalue weighted by molar-refractivity contribution is -0.0503. The van der Waals surface area contributed by atoms with E-state index in [0.29, 0.717) is 10.0 Å². The molecular weight excluding hydrogens is 358 g/mol. The molecule has 7 heteroatoms. The van der Waals surface area contributed by atoms with Crippen LogP contribution in [0.1, 0.15) is 22.1 Å². The number of rotatable bonds is 3. The molecular formula is C15H11BrF2N2O2. The van der Waals surface area contributed by atoms with E-state index < -0.39 is 12.8 Å². The second kappa shape index (κ2) is 5.92. The van der Waals surface area contributed by atoms with Crippen molar-refractivity contribution in [3.05, 3.63) is 58.1 Å². The number of alkyl halides is 2. The average Bonchev–Trinajstić information content (AvgIpc) is 2.49. The van der Waals surface area contributed by atoms with Gasteiger partial charge in [0, 0.05) is 5.69 Å². The molecule has 0 saturated heterocycles. The molecule has 0 aromatic heterocycles. The number of halogens is 3. The van der Waals surface area contributed by atoms with Gasteiger partial charge in [-0.2, -0.15) is 8.78 Å². The third kappa shape index (κ3) is 2.89. The van der Waals surface area contributed by atoms with Gasteiger partial charge in [0.25, 0.3) is 5.91 Å². The Morgan fingerprint density at radius 1 is 1.14 bits per heavy atom. The maximum atomic E-state index is 12.3. The van der Waals surface area contributed by atoms with E-state index in [0.717, 1.165) is 11.3 Å². The second-order valence-corrected chi connectivity index (χ2v) is 5.52. The molecule has 0 fully saturated rings. The summed E-state index contributed by atoms with van der Waals surface area (Å²) in [4.78, 5) is 12.1. The third-order valence-corrected chi connectivity index (χ3v) is 3.87. The molecule has 2 aromatic rings. The number of para-hydroxylation sites is 1. The first-order valence-corrected chi connectivity index (χ1v) is 7.24. The third-order valence-electron chi connectivity index (χ3n) is 3.25. The number of amides is 1. The number of benzene rings is 2. The van der Waals surface area contributed by atoms with Crippen molar-refractivity contribution in [1.29, 1.82) is 0 Å². The van der Waals surface area contributed by atoms with Crippen LogP contribution >= 0.6 is 15.9 Å². The Labute approximate surface area is 133 Å². The zero-order chi connectivity index (χ0) is 15.7. The zero-order valence-electron chi connectivity index (χ0n) is 11.1. The maximum absolute atomic E-state index is 12.3. The molecule has 1 atom stereocenters. The Morgan fingerprint density at radius 3 is 2.64 bits per heavy atom. The van der Waals surface area contributed by atoms with E-state index >= 15 is 0 Å². The molecule has 1 unspecified atom stereocenters. The first kappa shape index (κ1) is 14.8. The number of carbonyl (C=O) groups is 1. The molecule has 3 rings (SSSR count). The molecule has 0 radical (unpaired) electrons. The van der Waals surface area contributed by atoms with E-state index in [-0.39, 0.29) is 11.7 Å². The van der Waals surface area contributed by atoms with Crippen LogP contribution in [0, 0.1) is 0 Å². The molecule has 2 N–H and O–H groups in total. The number of fused-ring (bicyclic) bond motifs is 1. The predicted octanol–water partition coefficient (Wildman–Crippen LogP) is 3.90. The minimum atomic E-state index is -2.89. The van der Waals surface area contributed by atoms with Crippen LogP contribution in [-0.2, 0) is 0 Å². The van der Waals surface area contributed by atoms with Crippen LogP contribution in [0.5, 0.6) is 5.75 Å². The van der Waals surface area contributed by atoms with Crippen LogP contribution < -0.4 is 15.4 Å². The monoisotopic (exact) mass is 368 g/mol. The van der Waals surface area contributed by atoms with Crippen LogP contribution in [0.15, 0.2) is 46.9 Å². The minimum Gasteiger partial charge on any atom is -0.434 e. The number of hydrogen-bond acceptors (Lipinski definition) is 3. The van der Waals surface area contributed by atoms with Gasteiger partial charge in [-0.3, -0.25) is 4.79 Å². The van der Waals surface area contributed by atoms with Crippen molar-refractivity contribution in [2.45, 2.75) is 12.8 Å². The maximum Gasteiger partial charge on any atom is 0.387 e. The molecule has 1 amide bonds. The Morgan fingerprint density at radius 2 is 1.91 bits per heavy atom. The molecule has 0 saturated carbocycles. The first-order chi connectivity index (χ1) is 10.5.